The molecule has 19 heavy (non-hydrogen) atoms. The van der Waals surface area contributed by atoms with Crippen molar-refractivity contribution in [2.75, 3.05) is 26.8 Å². The molecule has 0 spiro atoms. The molecule has 0 aromatic heterocycles. The van der Waals surface area contributed by atoms with Crippen molar-refractivity contribution < 1.29 is 4.74 Å². The number of rotatable bonds is 5. The fourth-order valence-corrected chi connectivity index (χ4v) is 3.58. The largest absolute Gasteiger partial charge is 0.379 e. The average molecular weight is 268 g/mol. The number of likely N-dealkylation sites (tertiary alicyclic amines) is 1. The van der Waals surface area contributed by atoms with Gasteiger partial charge in [0.1, 0.15) is 0 Å². The smallest absolute Gasteiger partial charge is 0.0646 e. The SMILES string of the molecule is CN1CCCCC1CCOCC1(N)CCCCCC1. The van der Waals surface area contributed by atoms with Gasteiger partial charge in [0.2, 0.25) is 0 Å². The predicted molar refractivity (Wildman–Crippen MR) is 80.3 cm³/mol. The standard InChI is InChI=1S/C16H32N2O/c1-18-12-7-4-8-15(18)9-13-19-14-16(17)10-5-2-3-6-11-16/h15H,2-14,17H2,1H3. The highest BCUT2D eigenvalue weighted by atomic mass is 16.5. The Morgan fingerprint density at radius 2 is 1.84 bits per heavy atom. The van der Waals surface area contributed by atoms with Gasteiger partial charge < -0.3 is 15.4 Å². The molecule has 1 atom stereocenters. The number of ether oxygens (including phenoxy) is 1. The van der Waals surface area contributed by atoms with E-state index in [1.807, 2.05) is 0 Å². The molecule has 2 fully saturated rings. The van der Waals surface area contributed by atoms with Crippen LogP contribution in [0.5, 0.6) is 0 Å². The van der Waals surface area contributed by atoms with E-state index in [1.165, 1.54) is 57.9 Å². The Labute approximate surface area is 118 Å². The summed E-state index contributed by atoms with van der Waals surface area (Å²) >= 11 is 0. The fraction of sp³-hybridized carbons (Fsp3) is 1.00. The van der Waals surface area contributed by atoms with Crippen molar-refractivity contribution in [1.82, 2.24) is 4.90 Å². The van der Waals surface area contributed by atoms with Crippen molar-refractivity contribution in [3.8, 4) is 0 Å². The molecule has 1 aliphatic heterocycles. The Bertz CT molecular complexity index is 249. The van der Waals surface area contributed by atoms with Crippen LogP contribution in [0.4, 0.5) is 0 Å². The van der Waals surface area contributed by atoms with Crippen molar-refractivity contribution in [3.05, 3.63) is 0 Å². The Morgan fingerprint density at radius 1 is 1.11 bits per heavy atom. The molecular formula is C16H32N2O. The lowest BCUT2D eigenvalue weighted by Crippen LogP contribution is -2.44. The number of piperidine rings is 1. The van der Waals surface area contributed by atoms with Crippen LogP contribution in [0.15, 0.2) is 0 Å². The highest BCUT2D eigenvalue weighted by Crippen LogP contribution is 2.25. The van der Waals surface area contributed by atoms with E-state index in [4.69, 9.17) is 10.5 Å². The summed E-state index contributed by atoms with van der Waals surface area (Å²) in [6.45, 7) is 2.91. The maximum absolute atomic E-state index is 6.47. The van der Waals surface area contributed by atoms with Crippen molar-refractivity contribution in [3.63, 3.8) is 0 Å². The number of hydrogen-bond acceptors (Lipinski definition) is 3. The molecule has 0 aromatic carbocycles. The van der Waals surface area contributed by atoms with Crippen molar-refractivity contribution in [2.45, 2.75) is 75.8 Å². The van der Waals surface area contributed by atoms with Gasteiger partial charge in [-0.3, -0.25) is 0 Å². The molecule has 112 valence electrons. The Balaban J connectivity index is 1.62. The van der Waals surface area contributed by atoms with Crippen molar-refractivity contribution in [1.29, 1.82) is 0 Å². The lowest BCUT2D eigenvalue weighted by atomic mass is 9.92. The summed E-state index contributed by atoms with van der Waals surface area (Å²) < 4.78 is 5.93. The molecule has 3 heteroatoms. The fourth-order valence-electron chi connectivity index (χ4n) is 3.58. The first-order valence-electron chi connectivity index (χ1n) is 8.26. The van der Waals surface area contributed by atoms with E-state index in [0.29, 0.717) is 0 Å². The van der Waals surface area contributed by atoms with Crippen LogP contribution < -0.4 is 5.73 Å². The quantitative estimate of drug-likeness (QED) is 0.615. The van der Waals surface area contributed by atoms with E-state index < -0.39 is 0 Å². The maximum Gasteiger partial charge on any atom is 0.0646 e. The molecule has 1 saturated heterocycles. The molecule has 2 N–H and O–H groups in total. The van der Waals surface area contributed by atoms with Gasteiger partial charge in [0.25, 0.3) is 0 Å². The van der Waals surface area contributed by atoms with E-state index in [9.17, 15) is 0 Å². The lowest BCUT2D eigenvalue weighted by molar-refractivity contribution is 0.0560. The summed E-state index contributed by atoms with van der Waals surface area (Å²) in [5.74, 6) is 0. The van der Waals surface area contributed by atoms with Crippen LogP contribution in [0.1, 0.15) is 64.2 Å². The molecule has 2 rings (SSSR count). The molecule has 1 heterocycles. The molecule has 1 unspecified atom stereocenters. The maximum atomic E-state index is 6.47. The van der Waals surface area contributed by atoms with Gasteiger partial charge in [0, 0.05) is 18.2 Å². The number of nitrogens with two attached hydrogens (primary N) is 1. The second kappa shape index (κ2) is 7.61. The van der Waals surface area contributed by atoms with E-state index in [1.54, 1.807) is 0 Å². The third-order valence-electron chi connectivity index (χ3n) is 5.01. The van der Waals surface area contributed by atoms with Crippen LogP contribution in [0, 0.1) is 0 Å². The highest BCUT2D eigenvalue weighted by Gasteiger charge is 2.26. The molecular weight excluding hydrogens is 236 g/mol. The molecule has 3 nitrogen and oxygen atoms in total. The zero-order valence-corrected chi connectivity index (χ0v) is 12.7. The second-order valence-electron chi connectivity index (χ2n) is 6.75. The number of nitrogens with zero attached hydrogens (tertiary/aromatic N) is 1. The summed E-state index contributed by atoms with van der Waals surface area (Å²) in [7, 11) is 2.25. The zero-order valence-electron chi connectivity index (χ0n) is 12.7. The third kappa shape index (κ3) is 5.05. The van der Waals surface area contributed by atoms with Gasteiger partial charge in [-0.2, -0.15) is 0 Å². The zero-order chi connectivity index (χ0) is 13.6. The van der Waals surface area contributed by atoms with E-state index in [-0.39, 0.29) is 5.54 Å². The van der Waals surface area contributed by atoms with Crippen LogP contribution >= 0.6 is 0 Å². The van der Waals surface area contributed by atoms with E-state index >= 15 is 0 Å². The summed E-state index contributed by atoms with van der Waals surface area (Å²) in [6, 6.07) is 0.733. The van der Waals surface area contributed by atoms with E-state index in [2.05, 4.69) is 11.9 Å². The van der Waals surface area contributed by atoms with Crippen LogP contribution in [0.2, 0.25) is 0 Å². The minimum atomic E-state index is -0.0328. The topological polar surface area (TPSA) is 38.5 Å². The molecule has 2 aliphatic rings. The number of hydrogen-bond donors (Lipinski definition) is 1. The Kier molecular flexibility index (Phi) is 6.11. The molecule has 0 radical (unpaired) electrons. The van der Waals surface area contributed by atoms with Gasteiger partial charge >= 0.3 is 0 Å². The average Bonchev–Trinajstić information content (AvgIpc) is 2.62. The summed E-state index contributed by atoms with van der Waals surface area (Å²) in [4.78, 5) is 2.50. The van der Waals surface area contributed by atoms with E-state index in [0.717, 1.165) is 32.1 Å². The third-order valence-corrected chi connectivity index (χ3v) is 5.01. The highest BCUT2D eigenvalue weighted by molar-refractivity contribution is 4.86. The lowest BCUT2D eigenvalue weighted by Gasteiger charge is -2.33. The van der Waals surface area contributed by atoms with Gasteiger partial charge in [0.15, 0.2) is 0 Å². The minimum Gasteiger partial charge on any atom is -0.379 e. The van der Waals surface area contributed by atoms with Gasteiger partial charge in [-0.15, -0.1) is 0 Å². The van der Waals surface area contributed by atoms with Crippen LogP contribution in [0.25, 0.3) is 0 Å². The first-order valence-corrected chi connectivity index (χ1v) is 8.26. The first kappa shape index (κ1) is 15.3. The molecule has 1 aliphatic carbocycles. The van der Waals surface area contributed by atoms with Crippen molar-refractivity contribution in [2.24, 2.45) is 5.73 Å². The first-order chi connectivity index (χ1) is 9.20. The van der Waals surface area contributed by atoms with Gasteiger partial charge in [-0.1, -0.05) is 32.1 Å². The van der Waals surface area contributed by atoms with Gasteiger partial charge in [0.05, 0.1) is 6.61 Å². The predicted octanol–water partition coefficient (Wildman–Crippen LogP) is 2.93. The van der Waals surface area contributed by atoms with Crippen LogP contribution in [-0.2, 0) is 4.74 Å². The van der Waals surface area contributed by atoms with Crippen molar-refractivity contribution >= 4 is 0 Å². The summed E-state index contributed by atoms with van der Waals surface area (Å²) in [6.07, 6.45) is 12.8. The van der Waals surface area contributed by atoms with Crippen LogP contribution in [-0.4, -0.2) is 43.3 Å². The molecule has 0 bridgehead atoms. The minimum absolute atomic E-state index is 0.0328. The Morgan fingerprint density at radius 3 is 2.53 bits per heavy atom. The summed E-state index contributed by atoms with van der Waals surface area (Å²) in [5.41, 5.74) is 6.44. The summed E-state index contributed by atoms with van der Waals surface area (Å²) in [5, 5.41) is 0. The van der Waals surface area contributed by atoms with Gasteiger partial charge in [-0.05, 0) is 45.7 Å². The second-order valence-corrected chi connectivity index (χ2v) is 6.75. The Hall–Kier alpha value is -0.120. The normalized spacial score (nSPS) is 29.1. The van der Waals surface area contributed by atoms with Gasteiger partial charge in [-0.25, -0.2) is 0 Å². The molecule has 0 amide bonds. The van der Waals surface area contributed by atoms with Crippen LogP contribution in [0.3, 0.4) is 0 Å². The monoisotopic (exact) mass is 268 g/mol. The molecule has 0 aromatic rings. The molecule has 1 saturated carbocycles.